The Kier molecular flexibility index (Phi) is 7.41. The fourth-order valence-corrected chi connectivity index (χ4v) is 6.19. The molecule has 2 aliphatic rings. The maximum Gasteiger partial charge on any atom is 0.264 e. The number of aromatic nitrogens is 3. The van der Waals surface area contributed by atoms with Gasteiger partial charge in [-0.15, -0.1) is 5.10 Å². The van der Waals surface area contributed by atoms with E-state index in [2.05, 4.69) is 59.6 Å². The molecule has 5 rings (SSSR count). The van der Waals surface area contributed by atoms with E-state index in [0.717, 1.165) is 39.9 Å². The van der Waals surface area contributed by atoms with Crippen LogP contribution in [0.2, 0.25) is 0 Å². The molecule has 2 unspecified atom stereocenters. The van der Waals surface area contributed by atoms with Crippen LogP contribution in [0.1, 0.15) is 43.1 Å². The lowest BCUT2D eigenvalue weighted by atomic mass is 9.98. The van der Waals surface area contributed by atoms with Gasteiger partial charge in [0.2, 0.25) is 5.91 Å². The molecule has 2 atom stereocenters. The number of benzene rings is 2. The Morgan fingerprint density at radius 3 is 2.82 bits per heavy atom. The van der Waals surface area contributed by atoms with E-state index in [9.17, 15) is 17.6 Å². The maximum atomic E-state index is 13.8. The average molecular weight is 555 g/mol. The van der Waals surface area contributed by atoms with E-state index >= 15 is 0 Å². The molecule has 3 heterocycles. The quantitative estimate of drug-likeness (QED) is 0.456. The second-order valence-electron chi connectivity index (χ2n) is 10.1. The number of nitrogens with one attached hydrogen (secondary N) is 1. The Morgan fingerprint density at radius 2 is 2.05 bits per heavy atom. The lowest BCUT2D eigenvalue weighted by Gasteiger charge is -2.31. The highest BCUT2D eigenvalue weighted by molar-refractivity contribution is 7.89. The van der Waals surface area contributed by atoms with Gasteiger partial charge in [0.25, 0.3) is 10.0 Å². The second-order valence-corrected chi connectivity index (χ2v) is 11.9. The minimum Gasteiger partial charge on any atom is -0.493 e. The first-order valence-corrected chi connectivity index (χ1v) is 14.2. The van der Waals surface area contributed by atoms with Crippen LogP contribution < -0.4 is 10.1 Å². The summed E-state index contributed by atoms with van der Waals surface area (Å²) in [6, 6.07) is 10.1. The summed E-state index contributed by atoms with van der Waals surface area (Å²) < 4.78 is 49.0. The fraction of sp³-hybridized carbons (Fsp3) is 0.370. The highest BCUT2D eigenvalue weighted by atomic mass is 32.2. The van der Waals surface area contributed by atoms with Gasteiger partial charge in [-0.3, -0.25) is 14.0 Å². The number of fused-ring (bicyclic) bond motifs is 1. The van der Waals surface area contributed by atoms with Crippen LogP contribution in [0.25, 0.3) is 0 Å². The normalized spacial score (nSPS) is 19.2. The number of amides is 1. The highest BCUT2D eigenvalue weighted by Gasteiger charge is 2.36. The molecule has 0 radical (unpaired) electrons. The third kappa shape index (κ3) is 5.52. The summed E-state index contributed by atoms with van der Waals surface area (Å²) in [4.78, 5) is 14.8. The molecule has 1 aromatic heterocycles. The van der Waals surface area contributed by atoms with Crippen molar-refractivity contribution in [2.24, 2.45) is 0 Å². The Labute approximate surface area is 227 Å². The minimum absolute atomic E-state index is 0.0126. The zero-order valence-electron chi connectivity index (χ0n) is 22.0. The van der Waals surface area contributed by atoms with Gasteiger partial charge in [-0.2, -0.15) is 0 Å². The number of halogens is 1. The summed E-state index contributed by atoms with van der Waals surface area (Å²) in [5.74, 6) is -0.388. The van der Waals surface area contributed by atoms with Gasteiger partial charge in [-0.05, 0) is 50.7 Å². The predicted octanol–water partition coefficient (Wildman–Crippen LogP) is 2.83. The molecule has 12 heteroatoms. The van der Waals surface area contributed by atoms with Crippen molar-refractivity contribution in [3.05, 3.63) is 83.7 Å². The molecule has 3 aromatic rings. The van der Waals surface area contributed by atoms with Crippen LogP contribution in [-0.4, -0.2) is 64.3 Å². The largest absolute Gasteiger partial charge is 0.493 e. The average Bonchev–Trinajstić information content (AvgIpc) is 3.37. The van der Waals surface area contributed by atoms with Gasteiger partial charge in [-0.25, -0.2) is 17.5 Å². The van der Waals surface area contributed by atoms with Gasteiger partial charge in [0.05, 0.1) is 23.2 Å². The number of nitrogens with zero attached hydrogens (tertiary/aromatic N) is 5. The molecular formula is C27H31FN6O4S. The van der Waals surface area contributed by atoms with Crippen molar-refractivity contribution in [2.75, 3.05) is 13.7 Å². The summed E-state index contributed by atoms with van der Waals surface area (Å²) in [6.45, 7) is 5.62. The van der Waals surface area contributed by atoms with Crippen LogP contribution in [-0.2, 0) is 27.8 Å². The topological polar surface area (TPSA) is 110 Å². The Bertz CT molecular complexity index is 1510. The van der Waals surface area contributed by atoms with Crippen molar-refractivity contribution in [3.63, 3.8) is 0 Å². The molecule has 2 aliphatic heterocycles. The number of sulfonamides is 1. The second kappa shape index (κ2) is 10.8. The van der Waals surface area contributed by atoms with Crippen molar-refractivity contribution in [2.45, 2.75) is 56.3 Å². The number of carbonyl (C=O) groups is 1. The summed E-state index contributed by atoms with van der Waals surface area (Å²) in [5.41, 5.74) is 2.59. The molecule has 2 aromatic carbocycles. The van der Waals surface area contributed by atoms with Gasteiger partial charge in [0, 0.05) is 49.6 Å². The van der Waals surface area contributed by atoms with Gasteiger partial charge < -0.3 is 10.1 Å². The Hall–Kier alpha value is -3.77. The molecule has 0 saturated heterocycles. The standard InChI is InChI=1S/C27H31FN6O4S/c1-18(2)32(3)16-19-7-8-23-24(9-12-38-26(23)13-19)33-17-21(30-31-33)15-25-27(35)29-10-11-34(25)39(36,37)22-6-4-5-20(28)14-22/h4-8,10-11,13-14,17-18,24-25H,9,12,15-16H2,1-3H3,(H,29,35). The van der Waals surface area contributed by atoms with E-state index in [0.29, 0.717) is 24.8 Å². The smallest absolute Gasteiger partial charge is 0.264 e. The van der Waals surface area contributed by atoms with Crippen molar-refractivity contribution in [1.82, 2.24) is 29.5 Å². The SMILES string of the molecule is CC(C)N(C)Cc1ccc2c(c1)OCCC2n1cc(CC2C(=O)NC=CN2S(=O)(=O)c2cccc(F)c2)nn1. The van der Waals surface area contributed by atoms with Gasteiger partial charge in [0.15, 0.2) is 0 Å². The lowest BCUT2D eigenvalue weighted by Crippen LogP contribution is -2.50. The van der Waals surface area contributed by atoms with E-state index in [1.807, 2.05) is 0 Å². The number of hydrogen-bond donors (Lipinski definition) is 1. The van der Waals surface area contributed by atoms with Crippen LogP contribution in [0, 0.1) is 5.82 Å². The third-order valence-electron chi connectivity index (χ3n) is 7.11. The monoisotopic (exact) mass is 554 g/mol. The minimum atomic E-state index is -4.19. The fourth-order valence-electron chi connectivity index (χ4n) is 4.70. The number of carbonyl (C=O) groups excluding carboxylic acids is 1. The molecule has 0 fully saturated rings. The van der Waals surface area contributed by atoms with Crippen LogP contribution in [0.15, 0.2) is 66.0 Å². The molecule has 0 bridgehead atoms. The third-order valence-corrected chi connectivity index (χ3v) is 8.89. The molecule has 1 N–H and O–H groups in total. The summed E-state index contributed by atoms with van der Waals surface area (Å²) in [5, 5.41) is 11.1. The summed E-state index contributed by atoms with van der Waals surface area (Å²) >= 11 is 0. The Balaban J connectivity index is 1.37. The molecular weight excluding hydrogens is 523 g/mol. The summed E-state index contributed by atoms with van der Waals surface area (Å²) in [7, 11) is -2.11. The zero-order valence-corrected chi connectivity index (χ0v) is 22.8. The first-order chi connectivity index (χ1) is 18.6. The molecule has 1 amide bonds. The molecule has 10 nitrogen and oxygen atoms in total. The van der Waals surface area contributed by atoms with Gasteiger partial charge in [-0.1, -0.05) is 23.4 Å². The molecule has 0 aliphatic carbocycles. The van der Waals surface area contributed by atoms with Crippen LogP contribution in [0.3, 0.4) is 0 Å². The first kappa shape index (κ1) is 26.8. The van der Waals surface area contributed by atoms with E-state index in [-0.39, 0.29) is 17.4 Å². The van der Waals surface area contributed by atoms with E-state index in [1.54, 1.807) is 10.9 Å². The highest BCUT2D eigenvalue weighted by Crippen LogP contribution is 2.35. The van der Waals surface area contributed by atoms with Crippen LogP contribution in [0.4, 0.5) is 4.39 Å². The summed E-state index contributed by atoms with van der Waals surface area (Å²) in [6.07, 6.45) is 4.92. The van der Waals surface area contributed by atoms with Crippen molar-refractivity contribution in [3.8, 4) is 5.75 Å². The van der Waals surface area contributed by atoms with Crippen LogP contribution >= 0.6 is 0 Å². The predicted molar refractivity (Wildman–Crippen MR) is 142 cm³/mol. The maximum absolute atomic E-state index is 13.8. The van der Waals surface area contributed by atoms with Crippen LogP contribution in [0.5, 0.6) is 5.75 Å². The van der Waals surface area contributed by atoms with E-state index < -0.39 is 27.8 Å². The van der Waals surface area contributed by atoms with Crippen molar-refractivity contribution < 1.29 is 22.3 Å². The molecule has 39 heavy (non-hydrogen) atoms. The zero-order chi connectivity index (χ0) is 27.7. The lowest BCUT2D eigenvalue weighted by molar-refractivity contribution is -0.124. The number of hydrogen-bond acceptors (Lipinski definition) is 7. The van der Waals surface area contributed by atoms with Crippen molar-refractivity contribution >= 4 is 15.9 Å². The number of rotatable bonds is 8. The van der Waals surface area contributed by atoms with E-state index in [1.165, 1.54) is 24.5 Å². The first-order valence-electron chi connectivity index (χ1n) is 12.8. The molecule has 0 saturated carbocycles. The number of ether oxygens (including phenoxy) is 1. The Morgan fingerprint density at radius 1 is 1.23 bits per heavy atom. The van der Waals surface area contributed by atoms with Gasteiger partial charge >= 0.3 is 0 Å². The molecule has 0 spiro atoms. The van der Waals surface area contributed by atoms with Crippen molar-refractivity contribution in [1.29, 1.82) is 0 Å². The van der Waals surface area contributed by atoms with Gasteiger partial charge in [0.1, 0.15) is 17.6 Å². The molecule has 206 valence electrons. The van der Waals surface area contributed by atoms with E-state index in [4.69, 9.17) is 4.74 Å².